The number of rotatable bonds is 5. The number of ether oxygens (including phenoxy) is 1. The van der Waals surface area contributed by atoms with Crippen LogP contribution in [0.4, 0.5) is 5.69 Å². The lowest BCUT2D eigenvalue weighted by Crippen LogP contribution is -2.01. The molecule has 104 valence electrons. The molecule has 0 atom stereocenters. The average molecular weight is 271 g/mol. The van der Waals surface area contributed by atoms with Gasteiger partial charge in [-0.05, 0) is 43.2 Å². The van der Waals surface area contributed by atoms with E-state index in [2.05, 4.69) is 5.48 Å². The van der Waals surface area contributed by atoms with Gasteiger partial charge in [0.25, 0.3) is 0 Å². The Morgan fingerprint density at radius 1 is 1.25 bits per heavy atom. The van der Waals surface area contributed by atoms with Crippen LogP contribution in [0.5, 0.6) is 5.75 Å². The Bertz CT molecular complexity index is 623. The summed E-state index contributed by atoms with van der Waals surface area (Å²) in [6.07, 6.45) is 0.855. The van der Waals surface area contributed by atoms with Gasteiger partial charge in [-0.25, -0.2) is 0 Å². The molecule has 0 spiro atoms. The highest BCUT2D eigenvalue weighted by atomic mass is 16.5. The van der Waals surface area contributed by atoms with Crippen molar-refractivity contribution in [1.29, 1.82) is 0 Å². The SMILES string of the molecule is Cc1ccc(OCc2cccc(NO)c2)c(C)c1C=O. The fourth-order valence-electron chi connectivity index (χ4n) is 2.07. The van der Waals surface area contributed by atoms with Crippen LogP contribution in [0.25, 0.3) is 0 Å². The first-order valence-corrected chi connectivity index (χ1v) is 6.33. The van der Waals surface area contributed by atoms with Crippen molar-refractivity contribution in [3.05, 3.63) is 58.7 Å². The van der Waals surface area contributed by atoms with E-state index in [9.17, 15) is 4.79 Å². The summed E-state index contributed by atoms with van der Waals surface area (Å²) < 4.78 is 5.75. The predicted octanol–water partition coefficient (Wildman–Crippen LogP) is 3.50. The lowest BCUT2D eigenvalue weighted by Gasteiger charge is -2.12. The molecule has 0 amide bonds. The van der Waals surface area contributed by atoms with Crippen LogP contribution in [0.3, 0.4) is 0 Å². The van der Waals surface area contributed by atoms with Crippen LogP contribution < -0.4 is 10.2 Å². The molecule has 0 heterocycles. The fourth-order valence-corrected chi connectivity index (χ4v) is 2.07. The Kier molecular flexibility index (Phi) is 4.38. The minimum atomic E-state index is 0.373. The highest BCUT2D eigenvalue weighted by Crippen LogP contribution is 2.24. The molecule has 4 heteroatoms. The molecule has 2 aromatic rings. The van der Waals surface area contributed by atoms with Crippen molar-refractivity contribution in [2.24, 2.45) is 0 Å². The lowest BCUT2D eigenvalue weighted by molar-refractivity contribution is 0.112. The molecule has 0 fully saturated rings. The van der Waals surface area contributed by atoms with Crippen molar-refractivity contribution in [3.63, 3.8) is 0 Å². The first kappa shape index (κ1) is 14.1. The maximum Gasteiger partial charge on any atom is 0.150 e. The number of carbonyl (C=O) groups excluding carboxylic acids is 1. The summed E-state index contributed by atoms with van der Waals surface area (Å²) >= 11 is 0. The van der Waals surface area contributed by atoms with Crippen LogP contribution in [0.15, 0.2) is 36.4 Å². The third kappa shape index (κ3) is 2.97. The minimum Gasteiger partial charge on any atom is -0.489 e. The van der Waals surface area contributed by atoms with Crippen molar-refractivity contribution in [2.45, 2.75) is 20.5 Å². The zero-order valence-corrected chi connectivity index (χ0v) is 11.5. The van der Waals surface area contributed by atoms with Crippen LogP contribution >= 0.6 is 0 Å². The normalized spacial score (nSPS) is 10.2. The monoisotopic (exact) mass is 271 g/mol. The van der Waals surface area contributed by atoms with Crippen LogP contribution in [0, 0.1) is 13.8 Å². The standard InChI is InChI=1S/C16H17NO3/c1-11-6-7-16(12(2)15(11)9-18)20-10-13-4-3-5-14(8-13)17-19/h3-9,17,19H,10H2,1-2H3. The third-order valence-corrected chi connectivity index (χ3v) is 3.25. The Hall–Kier alpha value is -2.33. The highest BCUT2D eigenvalue weighted by Gasteiger charge is 2.08. The van der Waals surface area contributed by atoms with Gasteiger partial charge in [0.1, 0.15) is 12.4 Å². The van der Waals surface area contributed by atoms with Gasteiger partial charge in [0.15, 0.2) is 6.29 Å². The largest absolute Gasteiger partial charge is 0.489 e. The Morgan fingerprint density at radius 3 is 2.75 bits per heavy atom. The second-order valence-corrected chi connectivity index (χ2v) is 4.64. The molecule has 2 aromatic carbocycles. The van der Waals surface area contributed by atoms with Crippen molar-refractivity contribution in [1.82, 2.24) is 0 Å². The molecule has 0 saturated carbocycles. The molecule has 0 radical (unpaired) electrons. The topological polar surface area (TPSA) is 58.6 Å². The molecule has 0 saturated heterocycles. The number of nitrogens with one attached hydrogen (secondary N) is 1. The van der Waals surface area contributed by atoms with Crippen LogP contribution in [-0.2, 0) is 6.61 Å². The third-order valence-electron chi connectivity index (χ3n) is 3.25. The van der Waals surface area contributed by atoms with Gasteiger partial charge >= 0.3 is 0 Å². The van der Waals surface area contributed by atoms with Gasteiger partial charge in [0, 0.05) is 11.1 Å². The molecule has 0 bridgehead atoms. The van der Waals surface area contributed by atoms with Gasteiger partial charge in [-0.2, -0.15) is 0 Å². The van der Waals surface area contributed by atoms with E-state index in [1.165, 1.54) is 0 Å². The number of aryl methyl sites for hydroxylation is 1. The minimum absolute atomic E-state index is 0.373. The van der Waals surface area contributed by atoms with E-state index in [1.807, 2.05) is 38.1 Å². The van der Waals surface area contributed by atoms with E-state index in [-0.39, 0.29) is 0 Å². The number of hydrogen-bond donors (Lipinski definition) is 2. The quantitative estimate of drug-likeness (QED) is 0.645. The summed E-state index contributed by atoms with van der Waals surface area (Å²) in [6.45, 7) is 4.15. The fraction of sp³-hybridized carbons (Fsp3) is 0.188. The van der Waals surface area contributed by atoms with Gasteiger partial charge < -0.3 is 4.74 Å². The smallest absolute Gasteiger partial charge is 0.150 e. The second kappa shape index (κ2) is 6.21. The molecule has 0 aromatic heterocycles. The van der Waals surface area contributed by atoms with E-state index in [0.29, 0.717) is 23.6 Å². The van der Waals surface area contributed by atoms with Gasteiger partial charge in [-0.1, -0.05) is 18.2 Å². The first-order chi connectivity index (χ1) is 9.65. The van der Waals surface area contributed by atoms with Crippen molar-refractivity contribution >= 4 is 12.0 Å². The van der Waals surface area contributed by atoms with Gasteiger partial charge in [0.05, 0.1) is 5.69 Å². The Balaban J connectivity index is 2.16. The zero-order valence-electron chi connectivity index (χ0n) is 11.5. The molecule has 0 unspecified atom stereocenters. The predicted molar refractivity (Wildman–Crippen MR) is 77.5 cm³/mol. The lowest BCUT2D eigenvalue weighted by atomic mass is 10.0. The van der Waals surface area contributed by atoms with Crippen molar-refractivity contribution in [3.8, 4) is 5.75 Å². The average Bonchev–Trinajstić information content (AvgIpc) is 2.47. The first-order valence-electron chi connectivity index (χ1n) is 6.33. The molecular weight excluding hydrogens is 254 g/mol. The van der Waals surface area contributed by atoms with Gasteiger partial charge in [-0.3, -0.25) is 15.5 Å². The number of carbonyl (C=O) groups is 1. The number of aldehydes is 1. The molecule has 0 aliphatic rings. The summed E-state index contributed by atoms with van der Waals surface area (Å²) in [5.41, 5.74) is 6.10. The molecule has 2 rings (SSSR count). The number of anilines is 1. The van der Waals surface area contributed by atoms with Crippen LogP contribution in [0.1, 0.15) is 27.0 Å². The number of benzene rings is 2. The van der Waals surface area contributed by atoms with Gasteiger partial charge in [0.2, 0.25) is 0 Å². The highest BCUT2D eigenvalue weighted by molar-refractivity contribution is 5.80. The Labute approximate surface area is 118 Å². The molecular formula is C16H17NO3. The zero-order chi connectivity index (χ0) is 14.5. The van der Waals surface area contributed by atoms with Crippen molar-refractivity contribution in [2.75, 3.05) is 5.48 Å². The Morgan fingerprint density at radius 2 is 2.05 bits per heavy atom. The van der Waals surface area contributed by atoms with Crippen LogP contribution in [-0.4, -0.2) is 11.5 Å². The van der Waals surface area contributed by atoms with E-state index in [0.717, 1.165) is 23.0 Å². The summed E-state index contributed by atoms with van der Waals surface area (Å²) in [5, 5.41) is 8.86. The summed E-state index contributed by atoms with van der Waals surface area (Å²) in [5.74, 6) is 0.695. The summed E-state index contributed by atoms with van der Waals surface area (Å²) in [7, 11) is 0. The maximum absolute atomic E-state index is 11.1. The molecule has 4 nitrogen and oxygen atoms in total. The molecule has 0 aliphatic carbocycles. The molecule has 0 aliphatic heterocycles. The number of hydrogen-bond acceptors (Lipinski definition) is 4. The maximum atomic E-state index is 11.1. The van der Waals surface area contributed by atoms with Crippen molar-refractivity contribution < 1.29 is 14.7 Å². The van der Waals surface area contributed by atoms with E-state index < -0.39 is 0 Å². The molecule has 2 N–H and O–H groups in total. The van der Waals surface area contributed by atoms with Crippen LogP contribution in [0.2, 0.25) is 0 Å². The van der Waals surface area contributed by atoms with E-state index in [1.54, 1.807) is 12.1 Å². The van der Waals surface area contributed by atoms with E-state index >= 15 is 0 Å². The van der Waals surface area contributed by atoms with E-state index in [4.69, 9.17) is 9.94 Å². The second-order valence-electron chi connectivity index (χ2n) is 4.64. The van der Waals surface area contributed by atoms with Gasteiger partial charge in [-0.15, -0.1) is 0 Å². The summed E-state index contributed by atoms with van der Waals surface area (Å²) in [6, 6.07) is 11.0. The summed E-state index contributed by atoms with van der Waals surface area (Å²) in [4.78, 5) is 11.1. The molecule has 20 heavy (non-hydrogen) atoms.